The second-order valence-electron chi connectivity index (χ2n) is 3.90. The molecule has 0 aliphatic rings. The lowest BCUT2D eigenvalue weighted by molar-refractivity contribution is 0.0945. The van der Waals surface area contributed by atoms with E-state index in [1.807, 2.05) is 19.9 Å². The zero-order valence-electron chi connectivity index (χ0n) is 10.1. The summed E-state index contributed by atoms with van der Waals surface area (Å²) in [4.78, 5) is 11.9. The van der Waals surface area contributed by atoms with E-state index in [1.54, 1.807) is 0 Å². The molecule has 17 heavy (non-hydrogen) atoms. The summed E-state index contributed by atoms with van der Waals surface area (Å²) in [5.74, 6) is 0.0848. The number of carbonyl (C=O) groups excluding carboxylic acids is 1. The van der Waals surface area contributed by atoms with Crippen LogP contribution in [0.4, 0.5) is 10.8 Å². The van der Waals surface area contributed by atoms with E-state index in [4.69, 9.17) is 5.73 Å². The van der Waals surface area contributed by atoms with Crippen molar-refractivity contribution in [1.82, 2.24) is 9.69 Å². The molecule has 1 aromatic heterocycles. The zero-order chi connectivity index (χ0) is 12.8. The van der Waals surface area contributed by atoms with Gasteiger partial charge in [0.15, 0.2) is 5.82 Å². The van der Waals surface area contributed by atoms with E-state index in [-0.39, 0.29) is 17.8 Å². The van der Waals surface area contributed by atoms with E-state index >= 15 is 0 Å². The Labute approximate surface area is 105 Å². The summed E-state index contributed by atoms with van der Waals surface area (Å²) in [6, 6.07) is 0.0721. The predicted octanol–water partition coefficient (Wildman–Crippen LogP) is 1.85. The number of nitrogen functional groups attached to an aromatic ring is 1. The number of amides is 1. The van der Waals surface area contributed by atoms with Crippen LogP contribution in [0.15, 0.2) is 12.7 Å². The maximum absolute atomic E-state index is 11.9. The van der Waals surface area contributed by atoms with Gasteiger partial charge in [0, 0.05) is 12.6 Å². The first-order valence-corrected chi connectivity index (χ1v) is 6.24. The third-order valence-electron chi connectivity index (χ3n) is 2.00. The second-order valence-corrected chi connectivity index (χ2v) is 4.68. The highest BCUT2D eigenvalue weighted by Crippen LogP contribution is 2.26. The Morgan fingerprint density at radius 3 is 2.94 bits per heavy atom. The van der Waals surface area contributed by atoms with Gasteiger partial charge in [-0.1, -0.05) is 6.08 Å². The van der Waals surface area contributed by atoms with Crippen molar-refractivity contribution < 1.29 is 4.79 Å². The van der Waals surface area contributed by atoms with Crippen molar-refractivity contribution in [3.05, 3.63) is 18.2 Å². The molecule has 0 aliphatic heterocycles. The number of hydrogen-bond donors (Lipinski definition) is 3. The van der Waals surface area contributed by atoms with Crippen molar-refractivity contribution in [2.45, 2.75) is 26.3 Å². The number of nitrogens with one attached hydrogen (secondary N) is 2. The number of rotatable bonds is 6. The summed E-state index contributed by atoms with van der Waals surface area (Å²) in [6.07, 6.45) is 2.63. The number of carbonyl (C=O) groups is 1. The van der Waals surface area contributed by atoms with E-state index in [0.717, 1.165) is 6.42 Å². The zero-order valence-corrected chi connectivity index (χ0v) is 10.9. The van der Waals surface area contributed by atoms with E-state index in [1.165, 1.54) is 11.5 Å². The van der Waals surface area contributed by atoms with E-state index in [0.29, 0.717) is 17.1 Å². The second kappa shape index (κ2) is 6.24. The largest absolute Gasteiger partial charge is 0.382 e. The van der Waals surface area contributed by atoms with Crippen molar-refractivity contribution in [1.29, 1.82) is 0 Å². The van der Waals surface area contributed by atoms with Crippen molar-refractivity contribution in [3.63, 3.8) is 0 Å². The summed E-state index contributed by atoms with van der Waals surface area (Å²) in [6.45, 7) is 8.16. The summed E-state index contributed by atoms with van der Waals surface area (Å²) in [7, 11) is 0. The van der Waals surface area contributed by atoms with E-state index < -0.39 is 0 Å². The van der Waals surface area contributed by atoms with E-state index in [9.17, 15) is 4.79 Å². The van der Waals surface area contributed by atoms with Crippen molar-refractivity contribution >= 4 is 28.3 Å². The molecule has 0 atom stereocenters. The SMILES string of the molecule is C=CCCNc1snc(N)c1C(=O)NC(C)C. The smallest absolute Gasteiger partial charge is 0.258 e. The third kappa shape index (κ3) is 3.74. The van der Waals surface area contributed by atoms with Crippen LogP contribution >= 0.6 is 11.5 Å². The highest BCUT2D eigenvalue weighted by atomic mass is 32.1. The van der Waals surface area contributed by atoms with Gasteiger partial charge in [-0.05, 0) is 31.8 Å². The Bertz CT molecular complexity index is 400. The van der Waals surface area contributed by atoms with Gasteiger partial charge in [0.25, 0.3) is 5.91 Å². The topological polar surface area (TPSA) is 80.0 Å². The van der Waals surface area contributed by atoms with Crippen LogP contribution < -0.4 is 16.4 Å². The van der Waals surface area contributed by atoms with Crippen molar-refractivity contribution in [2.75, 3.05) is 17.6 Å². The van der Waals surface area contributed by atoms with Crippen molar-refractivity contribution in [2.24, 2.45) is 0 Å². The van der Waals surface area contributed by atoms with Gasteiger partial charge >= 0.3 is 0 Å². The molecule has 0 bridgehead atoms. The molecule has 0 saturated heterocycles. The Kier molecular flexibility index (Phi) is 4.96. The Balaban J connectivity index is 2.78. The molecule has 0 unspecified atom stereocenters. The number of anilines is 2. The normalized spacial score (nSPS) is 10.3. The third-order valence-corrected chi connectivity index (χ3v) is 2.82. The number of aromatic nitrogens is 1. The van der Waals surface area contributed by atoms with Gasteiger partial charge in [0.1, 0.15) is 10.6 Å². The summed E-state index contributed by atoms with van der Waals surface area (Å²) in [5.41, 5.74) is 6.14. The van der Waals surface area contributed by atoms with E-state index in [2.05, 4.69) is 21.6 Å². The summed E-state index contributed by atoms with van der Waals surface area (Å²) >= 11 is 1.20. The summed E-state index contributed by atoms with van der Waals surface area (Å²) < 4.78 is 3.99. The van der Waals surface area contributed by atoms with Gasteiger partial charge in [-0.2, -0.15) is 4.37 Å². The molecule has 5 nitrogen and oxygen atoms in total. The molecule has 0 spiro atoms. The lowest BCUT2D eigenvalue weighted by Crippen LogP contribution is -2.30. The minimum atomic E-state index is -0.188. The minimum Gasteiger partial charge on any atom is -0.382 e. The molecule has 0 aromatic carbocycles. The van der Waals surface area contributed by atoms with Gasteiger partial charge in [-0.15, -0.1) is 6.58 Å². The minimum absolute atomic E-state index is 0.0721. The van der Waals surface area contributed by atoms with Crippen LogP contribution in [0.1, 0.15) is 30.6 Å². The monoisotopic (exact) mass is 254 g/mol. The number of hydrogen-bond acceptors (Lipinski definition) is 5. The molecule has 6 heteroatoms. The molecule has 94 valence electrons. The predicted molar refractivity (Wildman–Crippen MR) is 72.4 cm³/mol. The maximum Gasteiger partial charge on any atom is 0.258 e. The Hall–Kier alpha value is -1.56. The molecule has 0 aliphatic carbocycles. The van der Waals surface area contributed by atoms with Gasteiger partial charge in [-0.25, -0.2) is 0 Å². The first kappa shape index (κ1) is 13.5. The molecule has 1 heterocycles. The van der Waals surface area contributed by atoms with Crippen LogP contribution in [-0.2, 0) is 0 Å². The fourth-order valence-electron chi connectivity index (χ4n) is 1.26. The molecule has 0 saturated carbocycles. The van der Waals surface area contributed by atoms with Crippen LogP contribution in [0.5, 0.6) is 0 Å². The lowest BCUT2D eigenvalue weighted by atomic mass is 10.2. The summed E-state index contributed by atoms with van der Waals surface area (Å²) in [5, 5.41) is 6.65. The van der Waals surface area contributed by atoms with Crippen LogP contribution in [0, 0.1) is 0 Å². The van der Waals surface area contributed by atoms with Crippen molar-refractivity contribution in [3.8, 4) is 0 Å². The first-order chi connectivity index (χ1) is 8.06. The Morgan fingerprint density at radius 1 is 1.65 bits per heavy atom. The number of nitrogens with zero attached hydrogens (tertiary/aromatic N) is 1. The molecular formula is C11H18N4OS. The van der Waals surface area contributed by atoms with Crippen LogP contribution in [0.25, 0.3) is 0 Å². The van der Waals surface area contributed by atoms with Crippen LogP contribution in [-0.4, -0.2) is 22.9 Å². The highest BCUT2D eigenvalue weighted by Gasteiger charge is 2.19. The van der Waals surface area contributed by atoms with Gasteiger partial charge in [0.05, 0.1) is 0 Å². The van der Waals surface area contributed by atoms with Gasteiger partial charge in [-0.3, -0.25) is 4.79 Å². The molecule has 1 rings (SSSR count). The standard InChI is InChI=1S/C11H18N4OS/c1-4-5-6-13-11-8(9(12)15-17-11)10(16)14-7(2)3/h4,7,13H,1,5-6H2,2-3H3,(H2,12,15)(H,14,16). The molecule has 4 N–H and O–H groups in total. The lowest BCUT2D eigenvalue weighted by Gasteiger charge is -2.09. The molecule has 0 radical (unpaired) electrons. The van der Waals surface area contributed by atoms with Crippen LogP contribution in [0.3, 0.4) is 0 Å². The fourth-order valence-corrected chi connectivity index (χ4v) is 2.00. The Morgan fingerprint density at radius 2 is 2.35 bits per heavy atom. The average molecular weight is 254 g/mol. The quantitative estimate of drug-likeness (QED) is 0.534. The fraction of sp³-hybridized carbons (Fsp3) is 0.455. The number of nitrogens with two attached hydrogens (primary N) is 1. The molecule has 1 aromatic rings. The first-order valence-electron chi connectivity index (χ1n) is 5.47. The maximum atomic E-state index is 11.9. The van der Waals surface area contributed by atoms with Gasteiger partial charge in [0.2, 0.25) is 0 Å². The van der Waals surface area contributed by atoms with Gasteiger partial charge < -0.3 is 16.4 Å². The average Bonchev–Trinajstić information content (AvgIpc) is 2.59. The van der Waals surface area contributed by atoms with Crippen LogP contribution in [0.2, 0.25) is 0 Å². The highest BCUT2D eigenvalue weighted by molar-refractivity contribution is 7.11. The molecular weight excluding hydrogens is 236 g/mol. The molecule has 0 fully saturated rings. The molecule has 1 amide bonds.